The van der Waals surface area contributed by atoms with Gasteiger partial charge in [0, 0.05) is 22.1 Å². The van der Waals surface area contributed by atoms with Crippen molar-refractivity contribution in [3.05, 3.63) is 187 Å². The van der Waals surface area contributed by atoms with Gasteiger partial charge >= 0.3 is 0 Å². The molecule has 7 aromatic carbocycles. The second-order valence-electron chi connectivity index (χ2n) is 13.7. The monoisotopic (exact) mass is 653 g/mol. The average Bonchev–Trinajstić information content (AvgIpc) is 3.43. The Morgan fingerprint density at radius 2 is 0.627 bits per heavy atom. The number of rotatable bonds is 6. The summed E-state index contributed by atoms with van der Waals surface area (Å²) >= 11 is 0. The van der Waals surface area contributed by atoms with Crippen molar-refractivity contribution < 1.29 is 0 Å². The van der Waals surface area contributed by atoms with Gasteiger partial charge in [-0.3, -0.25) is 0 Å². The summed E-state index contributed by atoms with van der Waals surface area (Å²) < 4.78 is 0. The third kappa shape index (κ3) is 5.63. The van der Waals surface area contributed by atoms with Gasteiger partial charge in [0.05, 0.1) is 0 Å². The molecule has 1 heterocycles. The van der Waals surface area contributed by atoms with E-state index in [0.29, 0.717) is 17.5 Å². The van der Waals surface area contributed by atoms with Crippen molar-refractivity contribution in [2.24, 2.45) is 0 Å². The molecule has 0 amide bonds. The van der Waals surface area contributed by atoms with Crippen molar-refractivity contribution in [3.63, 3.8) is 0 Å². The highest BCUT2D eigenvalue weighted by Gasteiger charge is 2.36. The van der Waals surface area contributed by atoms with Gasteiger partial charge in [-0.2, -0.15) is 0 Å². The fourth-order valence-corrected chi connectivity index (χ4v) is 7.38. The first kappa shape index (κ1) is 30.6. The molecule has 0 spiro atoms. The molecule has 1 aliphatic carbocycles. The third-order valence-corrected chi connectivity index (χ3v) is 10.1. The molecule has 1 aromatic heterocycles. The first-order chi connectivity index (χ1) is 25.0. The maximum atomic E-state index is 5.01. The first-order valence-corrected chi connectivity index (χ1v) is 17.4. The molecular formula is C48H35N3. The molecule has 8 aromatic rings. The van der Waals surface area contributed by atoms with Crippen LogP contribution in [0.4, 0.5) is 0 Å². The van der Waals surface area contributed by atoms with Gasteiger partial charge in [0.25, 0.3) is 0 Å². The largest absolute Gasteiger partial charge is 0.208 e. The van der Waals surface area contributed by atoms with Crippen molar-refractivity contribution in [2.75, 3.05) is 0 Å². The van der Waals surface area contributed by atoms with Gasteiger partial charge in [0.2, 0.25) is 0 Å². The topological polar surface area (TPSA) is 38.7 Å². The number of hydrogen-bond donors (Lipinski definition) is 0. The number of benzene rings is 7. The molecular weight excluding hydrogens is 619 g/mol. The fraction of sp³-hybridized carbons (Fsp3) is 0.0625. The quantitative estimate of drug-likeness (QED) is 0.179. The van der Waals surface area contributed by atoms with Crippen LogP contribution in [0, 0.1) is 0 Å². The minimum absolute atomic E-state index is 0.212. The minimum Gasteiger partial charge on any atom is -0.208 e. The lowest BCUT2D eigenvalue weighted by atomic mass is 9.81. The molecule has 0 unspecified atom stereocenters. The van der Waals surface area contributed by atoms with Gasteiger partial charge in [-0.05, 0) is 79.9 Å². The molecule has 0 saturated heterocycles. The van der Waals surface area contributed by atoms with Crippen molar-refractivity contribution >= 4 is 0 Å². The van der Waals surface area contributed by atoms with E-state index in [1.165, 1.54) is 55.6 Å². The third-order valence-electron chi connectivity index (χ3n) is 10.1. The summed E-state index contributed by atoms with van der Waals surface area (Å²) in [4.78, 5) is 14.9. The molecule has 51 heavy (non-hydrogen) atoms. The van der Waals surface area contributed by atoms with Crippen LogP contribution < -0.4 is 0 Å². The Morgan fingerprint density at radius 1 is 0.294 bits per heavy atom. The van der Waals surface area contributed by atoms with Crippen LogP contribution in [0.15, 0.2) is 176 Å². The molecule has 0 fully saturated rings. The van der Waals surface area contributed by atoms with Crippen molar-refractivity contribution in [1.29, 1.82) is 0 Å². The Balaban J connectivity index is 1.08. The SMILES string of the molecule is CC1(C)c2cc(-c3cccc(-c4cccc(-c5ccccc5)c4)c3)ccc2-c2ccc(-c3nc(-c4ccccc4)nc(-c4ccccc4)n3)cc21. The van der Waals surface area contributed by atoms with Gasteiger partial charge in [0.1, 0.15) is 0 Å². The second kappa shape index (κ2) is 12.5. The normalized spacial score (nSPS) is 12.7. The lowest BCUT2D eigenvalue weighted by molar-refractivity contribution is 0.661. The summed E-state index contributed by atoms with van der Waals surface area (Å²) in [5, 5.41) is 0. The van der Waals surface area contributed by atoms with E-state index in [1.54, 1.807) is 0 Å². The minimum atomic E-state index is -0.212. The number of hydrogen-bond acceptors (Lipinski definition) is 3. The van der Waals surface area contributed by atoms with Crippen LogP contribution >= 0.6 is 0 Å². The summed E-state index contributed by atoms with van der Waals surface area (Å²) in [6, 6.07) is 62.2. The zero-order valence-electron chi connectivity index (χ0n) is 28.6. The highest BCUT2D eigenvalue weighted by molar-refractivity contribution is 5.86. The molecule has 3 nitrogen and oxygen atoms in total. The summed E-state index contributed by atoms with van der Waals surface area (Å²) in [7, 11) is 0. The summed E-state index contributed by atoms with van der Waals surface area (Å²) in [5.41, 5.74) is 15.1. The standard InChI is InChI=1S/C48H35N3/c1-48(2)43-30-39(38-23-13-22-37(29-38)36-21-12-20-35(28-36)32-14-6-3-7-15-32)24-26-41(43)42-27-25-40(31-44(42)48)47-50-45(33-16-8-4-9-17-33)49-46(51-47)34-18-10-5-11-19-34/h3-31H,1-2H3. The van der Waals surface area contributed by atoms with Crippen LogP contribution in [-0.2, 0) is 5.41 Å². The fourth-order valence-electron chi connectivity index (χ4n) is 7.38. The van der Waals surface area contributed by atoms with E-state index in [4.69, 9.17) is 15.0 Å². The van der Waals surface area contributed by atoms with Crippen molar-refractivity contribution in [2.45, 2.75) is 19.3 Å². The Bertz CT molecular complexity index is 2480. The molecule has 1 aliphatic rings. The molecule has 0 N–H and O–H groups in total. The second-order valence-corrected chi connectivity index (χ2v) is 13.7. The highest BCUT2D eigenvalue weighted by Crippen LogP contribution is 2.50. The Morgan fingerprint density at radius 3 is 1.10 bits per heavy atom. The molecule has 0 bridgehead atoms. The summed E-state index contributed by atoms with van der Waals surface area (Å²) in [6.07, 6.45) is 0. The number of nitrogens with zero attached hydrogens (tertiary/aromatic N) is 3. The Labute approximate surface area is 299 Å². The molecule has 242 valence electrons. The van der Waals surface area contributed by atoms with Crippen molar-refractivity contribution in [3.8, 4) is 78.7 Å². The predicted octanol–water partition coefficient (Wildman–Crippen LogP) is 12.2. The molecule has 0 aliphatic heterocycles. The molecule has 3 heteroatoms. The zero-order chi connectivity index (χ0) is 34.4. The lowest BCUT2D eigenvalue weighted by Crippen LogP contribution is -2.15. The van der Waals surface area contributed by atoms with Crippen LogP contribution in [0.1, 0.15) is 25.0 Å². The number of aromatic nitrogens is 3. The van der Waals surface area contributed by atoms with Crippen LogP contribution in [0.3, 0.4) is 0 Å². The Kier molecular flexibility index (Phi) is 7.48. The van der Waals surface area contributed by atoms with Crippen molar-refractivity contribution in [1.82, 2.24) is 15.0 Å². The predicted molar refractivity (Wildman–Crippen MR) is 210 cm³/mol. The zero-order valence-corrected chi connectivity index (χ0v) is 28.6. The van der Waals surface area contributed by atoms with Crippen LogP contribution in [-0.4, -0.2) is 15.0 Å². The molecule has 0 saturated carbocycles. The maximum Gasteiger partial charge on any atom is 0.164 e. The summed E-state index contributed by atoms with van der Waals surface area (Å²) in [6.45, 7) is 4.66. The van der Waals surface area contributed by atoms with Gasteiger partial charge in [0.15, 0.2) is 17.5 Å². The van der Waals surface area contributed by atoms with Gasteiger partial charge in [-0.25, -0.2) is 15.0 Å². The van der Waals surface area contributed by atoms with E-state index in [0.717, 1.165) is 16.7 Å². The Hall–Kier alpha value is -6.45. The first-order valence-electron chi connectivity index (χ1n) is 17.4. The van der Waals surface area contributed by atoms with E-state index in [2.05, 4.69) is 129 Å². The van der Waals surface area contributed by atoms with Crippen LogP contribution in [0.25, 0.3) is 78.7 Å². The maximum absolute atomic E-state index is 5.01. The molecule has 0 radical (unpaired) electrons. The molecule has 9 rings (SSSR count). The van der Waals surface area contributed by atoms with E-state index in [9.17, 15) is 0 Å². The highest BCUT2D eigenvalue weighted by atomic mass is 15.0. The van der Waals surface area contributed by atoms with Gasteiger partial charge in [-0.1, -0.05) is 166 Å². The average molecular weight is 654 g/mol. The van der Waals surface area contributed by atoms with E-state index < -0.39 is 0 Å². The van der Waals surface area contributed by atoms with E-state index >= 15 is 0 Å². The van der Waals surface area contributed by atoms with E-state index in [1.807, 2.05) is 60.7 Å². The van der Waals surface area contributed by atoms with Gasteiger partial charge < -0.3 is 0 Å². The summed E-state index contributed by atoms with van der Waals surface area (Å²) in [5.74, 6) is 2.01. The smallest absolute Gasteiger partial charge is 0.164 e. The number of fused-ring (bicyclic) bond motifs is 3. The van der Waals surface area contributed by atoms with Crippen LogP contribution in [0.5, 0.6) is 0 Å². The van der Waals surface area contributed by atoms with Gasteiger partial charge in [-0.15, -0.1) is 0 Å². The van der Waals surface area contributed by atoms with Crippen LogP contribution in [0.2, 0.25) is 0 Å². The van der Waals surface area contributed by atoms with E-state index in [-0.39, 0.29) is 5.41 Å². The lowest BCUT2D eigenvalue weighted by Gasteiger charge is -2.22. The molecule has 0 atom stereocenters.